The Morgan fingerprint density at radius 1 is 1.18 bits per heavy atom. The summed E-state index contributed by atoms with van der Waals surface area (Å²) in [5, 5.41) is 0. The lowest BCUT2D eigenvalue weighted by Gasteiger charge is -1.99. The van der Waals surface area contributed by atoms with Crippen LogP contribution < -0.4 is 4.18 Å². The smallest absolute Gasteiger partial charge is 0.306 e. The van der Waals surface area contributed by atoms with Gasteiger partial charge in [0.25, 0.3) is 0 Å². The van der Waals surface area contributed by atoms with Crippen LogP contribution in [0.3, 0.4) is 0 Å². The van der Waals surface area contributed by atoms with Crippen LogP contribution in [-0.2, 0) is 10.1 Å². The maximum Gasteiger partial charge on any atom is 0.306 e. The van der Waals surface area contributed by atoms with Crippen molar-refractivity contribution in [3.63, 3.8) is 0 Å². The van der Waals surface area contributed by atoms with Crippen molar-refractivity contribution in [2.24, 2.45) is 0 Å². The quantitative estimate of drug-likeness (QED) is 0.626. The SMILES string of the molecule is CS(=O)(=O)Oc1ccccc1. The molecule has 0 unspecified atom stereocenters. The minimum absolute atomic E-state index is 0.343. The Morgan fingerprint density at radius 3 is 2.18 bits per heavy atom. The number of hydrogen-bond acceptors (Lipinski definition) is 3. The van der Waals surface area contributed by atoms with E-state index in [0.717, 1.165) is 6.26 Å². The van der Waals surface area contributed by atoms with Crippen molar-refractivity contribution in [3.05, 3.63) is 30.3 Å². The van der Waals surface area contributed by atoms with E-state index in [1.807, 2.05) is 0 Å². The lowest BCUT2D eigenvalue weighted by atomic mass is 10.3. The molecule has 4 heteroatoms. The first-order valence-electron chi connectivity index (χ1n) is 3.02. The fraction of sp³-hybridized carbons (Fsp3) is 0.143. The van der Waals surface area contributed by atoms with Gasteiger partial charge in [-0.05, 0) is 12.1 Å². The van der Waals surface area contributed by atoms with Gasteiger partial charge in [0.05, 0.1) is 6.26 Å². The first kappa shape index (κ1) is 8.07. The molecule has 0 saturated heterocycles. The number of benzene rings is 1. The molecule has 0 aliphatic rings. The van der Waals surface area contributed by atoms with Gasteiger partial charge in [-0.15, -0.1) is 0 Å². The van der Waals surface area contributed by atoms with Crippen molar-refractivity contribution < 1.29 is 12.6 Å². The Bertz CT molecular complexity index is 315. The molecule has 0 aromatic heterocycles. The summed E-state index contributed by atoms with van der Waals surface area (Å²) in [6.45, 7) is 0. The standard InChI is InChI=1S/C7H8O3S/c1-11(8,9)10-7-5-3-2-4-6-7/h2-6H,1H3. The fourth-order valence-corrected chi connectivity index (χ4v) is 1.11. The fourth-order valence-electron chi connectivity index (χ4n) is 0.651. The third kappa shape index (κ3) is 3.04. The summed E-state index contributed by atoms with van der Waals surface area (Å²) in [7, 11) is -3.38. The molecule has 11 heavy (non-hydrogen) atoms. The van der Waals surface area contributed by atoms with E-state index in [-0.39, 0.29) is 0 Å². The zero-order chi connectivity index (χ0) is 8.32. The Hall–Kier alpha value is -1.03. The van der Waals surface area contributed by atoms with E-state index < -0.39 is 10.1 Å². The maximum absolute atomic E-state index is 10.6. The van der Waals surface area contributed by atoms with Crippen molar-refractivity contribution in [2.75, 3.05) is 6.26 Å². The average Bonchev–Trinajstić information content (AvgIpc) is 1.85. The van der Waals surface area contributed by atoms with Gasteiger partial charge in [-0.1, -0.05) is 18.2 Å². The van der Waals surface area contributed by atoms with Gasteiger partial charge in [-0.25, -0.2) is 0 Å². The molecular formula is C7H8O3S. The Balaban J connectivity index is 2.82. The first-order valence-corrected chi connectivity index (χ1v) is 4.84. The molecule has 0 spiro atoms. The second kappa shape index (κ2) is 2.92. The lowest BCUT2D eigenvalue weighted by molar-refractivity contribution is 0.493. The van der Waals surface area contributed by atoms with E-state index in [1.165, 1.54) is 0 Å². The topological polar surface area (TPSA) is 43.4 Å². The lowest BCUT2D eigenvalue weighted by Crippen LogP contribution is -2.05. The molecule has 0 aliphatic heterocycles. The molecular weight excluding hydrogens is 164 g/mol. The van der Waals surface area contributed by atoms with E-state index in [0.29, 0.717) is 5.75 Å². The summed E-state index contributed by atoms with van der Waals surface area (Å²) < 4.78 is 25.7. The highest BCUT2D eigenvalue weighted by Gasteiger charge is 2.01. The van der Waals surface area contributed by atoms with E-state index >= 15 is 0 Å². The van der Waals surface area contributed by atoms with Crippen molar-refractivity contribution in [2.45, 2.75) is 0 Å². The number of rotatable bonds is 2. The molecule has 0 atom stereocenters. The summed E-state index contributed by atoms with van der Waals surface area (Å²) >= 11 is 0. The highest BCUT2D eigenvalue weighted by Crippen LogP contribution is 2.09. The highest BCUT2D eigenvalue weighted by molar-refractivity contribution is 7.86. The first-order chi connectivity index (χ1) is 5.08. The van der Waals surface area contributed by atoms with Gasteiger partial charge in [0, 0.05) is 0 Å². The normalized spacial score (nSPS) is 11.0. The maximum atomic E-state index is 10.6. The Morgan fingerprint density at radius 2 is 1.73 bits per heavy atom. The third-order valence-corrected chi connectivity index (χ3v) is 1.49. The van der Waals surface area contributed by atoms with Crippen molar-refractivity contribution in [1.29, 1.82) is 0 Å². The largest absolute Gasteiger partial charge is 0.383 e. The van der Waals surface area contributed by atoms with Crippen molar-refractivity contribution >= 4 is 10.1 Å². The zero-order valence-electron chi connectivity index (χ0n) is 6.02. The summed E-state index contributed by atoms with van der Waals surface area (Å²) in [5.74, 6) is 0.343. The van der Waals surface area contributed by atoms with Gasteiger partial charge >= 0.3 is 10.1 Å². The summed E-state index contributed by atoms with van der Waals surface area (Å²) in [5.41, 5.74) is 0. The van der Waals surface area contributed by atoms with Crippen LogP contribution >= 0.6 is 0 Å². The third-order valence-electron chi connectivity index (χ3n) is 0.991. The second-order valence-corrected chi connectivity index (χ2v) is 3.68. The molecule has 0 bridgehead atoms. The molecule has 1 aromatic rings. The molecule has 0 N–H and O–H groups in total. The van der Waals surface area contributed by atoms with Gasteiger partial charge in [0.1, 0.15) is 5.75 Å². The number of hydrogen-bond donors (Lipinski definition) is 0. The predicted molar refractivity (Wildman–Crippen MR) is 41.9 cm³/mol. The van der Waals surface area contributed by atoms with Crippen LogP contribution in [0.1, 0.15) is 0 Å². The molecule has 0 aliphatic carbocycles. The van der Waals surface area contributed by atoms with E-state index in [1.54, 1.807) is 30.3 Å². The van der Waals surface area contributed by atoms with Crippen LogP contribution in [0, 0.1) is 0 Å². The average molecular weight is 172 g/mol. The number of para-hydroxylation sites is 1. The van der Waals surface area contributed by atoms with Crippen LogP contribution in [0.5, 0.6) is 5.75 Å². The minimum atomic E-state index is -3.38. The van der Waals surface area contributed by atoms with E-state index in [4.69, 9.17) is 0 Å². The molecule has 0 fully saturated rings. The van der Waals surface area contributed by atoms with Crippen LogP contribution in [-0.4, -0.2) is 14.7 Å². The molecule has 1 rings (SSSR count). The van der Waals surface area contributed by atoms with E-state index in [2.05, 4.69) is 4.18 Å². The van der Waals surface area contributed by atoms with Crippen molar-refractivity contribution in [3.8, 4) is 5.75 Å². The predicted octanol–water partition coefficient (Wildman–Crippen LogP) is 1.03. The molecule has 3 nitrogen and oxygen atoms in total. The molecule has 0 heterocycles. The molecule has 0 saturated carbocycles. The van der Waals surface area contributed by atoms with Gasteiger partial charge < -0.3 is 4.18 Å². The van der Waals surface area contributed by atoms with Crippen LogP contribution in [0.2, 0.25) is 0 Å². The summed E-state index contributed by atoms with van der Waals surface area (Å²) in [4.78, 5) is 0. The second-order valence-electron chi connectivity index (χ2n) is 2.10. The zero-order valence-corrected chi connectivity index (χ0v) is 6.84. The Kier molecular flexibility index (Phi) is 2.14. The molecule has 1 aromatic carbocycles. The van der Waals surface area contributed by atoms with Crippen LogP contribution in [0.15, 0.2) is 30.3 Å². The Labute approximate surface area is 65.7 Å². The van der Waals surface area contributed by atoms with Gasteiger partial charge in [-0.2, -0.15) is 8.42 Å². The van der Waals surface area contributed by atoms with Gasteiger partial charge in [-0.3, -0.25) is 0 Å². The van der Waals surface area contributed by atoms with Crippen molar-refractivity contribution in [1.82, 2.24) is 0 Å². The van der Waals surface area contributed by atoms with E-state index in [9.17, 15) is 8.42 Å². The minimum Gasteiger partial charge on any atom is -0.383 e. The van der Waals surface area contributed by atoms with Crippen LogP contribution in [0.4, 0.5) is 0 Å². The monoisotopic (exact) mass is 172 g/mol. The molecule has 0 radical (unpaired) electrons. The van der Waals surface area contributed by atoms with Crippen LogP contribution in [0.25, 0.3) is 0 Å². The molecule has 0 amide bonds. The van der Waals surface area contributed by atoms with Gasteiger partial charge in [0.15, 0.2) is 0 Å². The summed E-state index contributed by atoms with van der Waals surface area (Å²) in [6.07, 6.45) is 1.01. The summed E-state index contributed by atoms with van der Waals surface area (Å²) in [6, 6.07) is 8.37. The molecule has 60 valence electrons. The highest BCUT2D eigenvalue weighted by atomic mass is 32.2. The van der Waals surface area contributed by atoms with Gasteiger partial charge in [0.2, 0.25) is 0 Å².